The van der Waals surface area contributed by atoms with Crippen molar-refractivity contribution < 1.29 is 5.11 Å². The fraction of sp³-hybridized carbons (Fsp3) is 0.429. The second-order valence-corrected chi connectivity index (χ2v) is 6.54. The zero-order valence-corrected chi connectivity index (χ0v) is 16.9. The highest BCUT2D eigenvalue weighted by atomic mass is 32.2. The molecule has 0 saturated carbocycles. The number of hydrogen-bond donors (Lipinski definition) is 3. The van der Waals surface area contributed by atoms with E-state index < -0.39 is 0 Å². The lowest BCUT2D eigenvalue weighted by molar-refractivity contribution is 0.307. The summed E-state index contributed by atoms with van der Waals surface area (Å²) in [5, 5.41) is 10.5. The largest absolute Gasteiger partial charge is 0.382 e. The van der Waals surface area contributed by atoms with Crippen molar-refractivity contribution in [3.8, 4) is 0 Å². The van der Waals surface area contributed by atoms with Crippen LogP contribution in [0.4, 0.5) is 0 Å². The number of aryl methyl sites for hydroxylation is 2. The highest BCUT2D eigenvalue weighted by Crippen LogP contribution is 2.29. The Morgan fingerprint density at radius 2 is 1.56 bits per heavy atom. The normalized spacial score (nSPS) is 9.52. The standard InChI is InChI=1S/C16H18S.C4H11N.CH5NO/c1-3-7-14-12-16(11-10-13(14)2)17-15-8-5-4-6-9-15;1-3-5-4-2;2-1-3/h4-6,8-12H,3,7H2,1-2H3;5H,3-4H2,1-2H3;3H,1-2H2. The lowest BCUT2D eigenvalue weighted by atomic mass is 10.0. The van der Waals surface area contributed by atoms with Crippen molar-refractivity contribution in [2.45, 2.75) is 50.3 Å². The van der Waals surface area contributed by atoms with E-state index in [4.69, 9.17) is 5.11 Å². The van der Waals surface area contributed by atoms with Crippen LogP contribution in [0.1, 0.15) is 38.3 Å². The molecule has 0 aliphatic heterocycles. The smallest absolute Gasteiger partial charge is 0.0906 e. The Morgan fingerprint density at radius 1 is 0.960 bits per heavy atom. The van der Waals surface area contributed by atoms with E-state index in [9.17, 15) is 0 Å². The van der Waals surface area contributed by atoms with E-state index >= 15 is 0 Å². The summed E-state index contributed by atoms with van der Waals surface area (Å²) in [5.74, 6) is 0. The third-order valence-corrected chi connectivity index (χ3v) is 4.32. The fourth-order valence-corrected chi connectivity index (χ4v) is 3.03. The molecule has 0 aliphatic carbocycles. The third-order valence-electron chi connectivity index (χ3n) is 3.32. The van der Waals surface area contributed by atoms with Crippen molar-refractivity contribution in [2.75, 3.05) is 19.8 Å². The maximum absolute atomic E-state index is 7.35. The zero-order valence-electron chi connectivity index (χ0n) is 16.1. The van der Waals surface area contributed by atoms with Crippen LogP contribution in [0.5, 0.6) is 0 Å². The summed E-state index contributed by atoms with van der Waals surface area (Å²) < 4.78 is 0. The molecule has 2 rings (SSSR count). The topological polar surface area (TPSA) is 58.3 Å². The average molecular weight is 363 g/mol. The number of benzene rings is 2. The van der Waals surface area contributed by atoms with Gasteiger partial charge >= 0.3 is 0 Å². The van der Waals surface area contributed by atoms with E-state index in [1.165, 1.54) is 33.8 Å². The molecule has 0 bridgehead atoms. The Hall–Kier alpha value is -1.33. The number of rotatable bonds is 6. The van der Waals surface area contributed by atoms with Crippen molar-refractivity contribution in [1.82, 2.24) is 5.32 Å². The minimum atomic E-state index is -0.250. The Labute approximate surface area is 158 Å². The number of aliphatic hydroxyl groups excluding tert-OH is 1. The van der Waals surface area contributed by atoms with Crippen LogP contribution in [0.25, 0.3) is 0 Å². The molecule has 4 N–H and O–H groups in total. The lowest BCUT2D eigenvalue weighted by Gasteiger charge is -2.07. The molecule has 0 spiro atoms. The molecule has 0 aromatic heterocycles. The molecule has 0 heterocycles. The first kappa shape index (κ1) is 23.7. The quantitative estimate of drug-likeness (QED) is 0.657. The van der Waals surface area contributed by atoms with E-state index in [2.05, 4.69) is 87.3 Å². The first-order valence-electron chi connectivity index (χ1n) is 8.96. The van der Waals surface area contributed by atoms with E-state index in [0.29, 0.717) is 0 Å². The van der Waals surface area contributed by atoms with Gasteiger partial charge in [-0.3, -0.25) is 0 Å². The molecule has 25 heavy (non-hydrogen) atoms. The van der Waals surface area contributed by atoms with Crippen LogP contribution in [0.15, 0.2) is 58.3 Å². The van der Waals surface area contributed by atoms with Crippen LogP contribution < -0.4 is 11.1 Å². The molecule has 140 valence electrons. The average Bonchev–Trinajstić information content (AvgIpc) is 2.61. The van der Waals surface area contributed by atoms with Gasteiger partial charge in [0.05, 0.1) is 6.73 Å². The van der Waals surface area contributed by atoms with Crippen LogP contribution in [-0.2, 0) is 6.42 Å². The summed E-state index contributed by atoms with van der Waals surface area (Å²) in [6.07, 6.45) is 2.38. The van der Waals surface area contributed by atoms with Gasteiger partial charge in [-0.1, -0.05) is 63.2 Å². The predicted molar refractivity (Wildman–Crippen MR) is 111 cm³/mol. The molecule has 0 aliphatic rings. The summed E-state index contributed by atoms with van der Waals surface area (Å²) in [4.78, 5) is 2.64. The van der Waals surface area contributed by atoms with E-state index in [1.807, 2.05) is 11.8 Å². The zero-order chi connectivity index (χ0) is 18.9. The predicted octanol–water partition coefficient (Wildman–Crippen LogP) is 4.61. The summed E-state index contributed by atoms with van der Waals surface area (Å²) in [6.45, 7) is 10.6. The Balaban J connectivity index is 0.000000610. The minimum Gasteiger partial charge on any atom is -0.382 e. The van der Waals surface area contributed by atoms with Gasteiger partial charge in [0.1, 0.15) is 0 Å². The second-order valence-electron chi connectivity index (χ2n) is 5.39. The van der Waals surface area contributed by atoms with Crippen LogP contribution in [0.2, 0.25) is 0 Å². The molecule has 4 heteroatoms. The molecule has 0 saturated heterocycles. The number of nitrogens with one attached hydrogen (secondary N) is 1. The van der Waals surface area contributed by atoms with E-state index in [-0.39, 0.29) is 6.73 Å². The molecule has 0 atom stereocenters. The van der Waals surface area contributed by atoms with Gasteiger partial charge in [0.25, 0.3) is 0 Å². The van der Waals surface area contributed by atoms with Crippen molar-refractivity contribution >= 4 is 11.8 Å². The molecule has 0 radical (unpaired) electrons. The van der Waals surface area contributed by atoms with E-state index in [1.54, 1.807) is 0 Å². The Morgan fingerprint density at radius 3 is 2.04 bits per heavy atom. The molecule has 2 aromatic rings. The van der Waals surface area contributed by atoms with Gasteiger partial charge < -0.3 is 16.2 Å². The highest BCUT2D eigenvalue weighted by molar-refractivity contribution is 7.99. The molecule has 0 fully saturated rings. The Kier molecular flexibility index (Phi) is 15.3. The number of nitrogens with two attached hydrogens (primary N) is 1. The molecular formula is C21H34N2OS. The maximum Gasteiger partial charge on any atom is 0.0906 e. The van der Waals surface area contributed by atoms with Crippen LogP contribution >= 0.6 is 11.8 Å². The van der Waals surface area contributed by atoms with Gasteiger partial charge in [-0.25, -0.2) is 0 Å². The van der Waals surface area contributed by atoms with Gasteiger partial charge in [0.15, 0.2) is 0 Å². The van der Waals surface area contributed by atoms with Crippen LogP contribution in [0.3, 0.4) is 0 Å². The second kappa shape index (κ2) is 16.2. The first-order valence-corrected chi connectivity index (χ1v) is 9.78. The van der Waals surface area contributed by atoms with Crippen LogP contribution in [0, 0.1) is 6.92 Å². The summed E-state index contributed by atoms with van der Waals surface area (Å²) >= 11 is 1.84. The monoisotopic (exact) mass is 362 g/mol. The van der Waals surface area contributed by atoms with Gasteiger partial charge in [0.2, 0.25) is 0 Å². The van der Waals surface area contributed by atoms with Gasteiger partial charge in [0, 0.05) is 9.79 Å². The number of hydrogen-bond acceptors (Lipinski definition) is 4. The molecule has 0 unspecified atom stereocenters. The summed E-state index contributed by atoms with van der Waals surface area (Å²) in [6, 6.07) is 17.3. The van der Waals surface area contributed by atoms with E-state index in [0.717, 1.165) is 13.1 Å². The van der Waals surface area contributed by atoms with Crippen molar-refractivity contribution in [1.29, 1.82) is 0 Å². The molecule has 0 amide bonds. The summed E-state index contributed by atoms with van der Waals surface area (Å²) in [7, 11) is 0. The van der Waals surface area contributed by atoms with Crippen molar-refractivity contribution in [3.05, 3.63) is 59.7 Å². The van der Waals surface area contributed by atoms with Gasteiger partial charge in [-0.2, -0.15) is 0 Å². The summed E-state index contributed by atoms with van der Waals surface area (Å²) in [5.41, 5.74) is 7.29. The van der Waals surface area contributed by atoms with Crippen molar-refractivity contribution in [3.63, 3.8) is 0 Å². The minimum absolute atomic E-state index is 0.250. The highest BCUT2D eigenvalue weighted by Gasteiger charge is 2.01. The maximum atomic E-state index is 7.35. The number of aliphatic hydroxyl groups is 1. The SMILES string of the molecule is CCCc1cc(Sc2ccccc2)ccc1C.CCNCC.NCO. The molecule has 3 nitrogen and oxygen atoms in total. The molecular weight excluding hydrogens is 328 g/mol. The fourth-order valence-electron chi connectivity index (χ4n) is 2.12. The lowest BCUT2D eigenvalue weighted by Crippen LogP contribution is -2.09. The third kappa shape index (κ3) is 11.8. The van der Waals surface area contributed by atoms with Crippen LogP contribution in [-0.4, -0.2) is 24.9 Å². The molecule has 2 aromatic carbocycles. The Bertz CT molecular complexity index is 545. The van der Waals surface area contributed by atoms with Gasteiger partial charge in [-0.15, -0.1) is 0 Å². The van der Waals surface area contributed by atoms with Crippen molar-refractivity contribution in [2.24, 2.45) is 5.73 Å². The van der Waals surface area contributed by atoms with Gasteiger partial charge in [-0.05, 0) is 61.8 Å². The first-order chi connectivity index (χ1) is 12.1.